The molecule has 31 heavy (non-hydrogen) atoms. The Labute approximate surface area is 176 Å². The molecule has 0 amide bonds. The molecule has 7 heteroatoms. The number of hydrogen-bond acceptors (Lipinski definition) is 3. The van der Waals surface area contributed by atoms with Crippen LogP contribution in [0.5, 0.6) is 0 Å². The van der Waals surface area contributed by atoms with Crippen LogP contribution in [0.3, 0.4) is 0 Å². The van der Waals surface area contributed by atoms with Crippen LogP contribution in [0.2, 0.25) is 0 Å². The van der Waals surface area contributed by atoms with E-state index < -0.39 is 4.92 Å². The molecule has 0 saturated heterocycles. The largest absolute Gasteiger partial charge is 0.358 e. The maximum absolute atomic E-state index is 13.5. The second-order valence-electron chi connectivity index (χ2n) is 7.29. The predicted octanol–water partition coefficient (Wildman–Crippen LogP) is 6.25. The van der Waals surface area contributed by atoms with Gasteiger partial charge < -0.3 is 9.97 Å². The third-order valence-electron chi connectivity index (χ3n) is 5.30. The number of non-ortho nitro benzene ring substituents is 1. The van der Waals surface area contributed by atoms with Gasteiger partial charge in [0.2, 0.25) is 0 Å². The highest BCUT2D eigenvalue weighted by Crippen LogP contribution is 2.37. The normalized spacial score (nSPS) is 11.2. The van der Waals surface area contributed by atoms with Crippen molar-refractivity contribution in [3.63, 3.8) is 0 Å². The Balaban J connectivity index is 1.76. The van der Waals surface area contributed by atoms with Crippen LogP contribution >= 0.6 is 0 Å². The minimum Gasteiger partial charge on any atom is -0.358 e. The summed E-state index contributed by atoms with van der Waals surface area (Å²) in [6.07, 6.45) is 0. The fourth-order valence-corrected chi connectivity index (χ4v) is 3.86. The first-order valence-corrected chi connectivity index (χ1v) is 9.70. The number of hydrogen-bond donors (Lipinski definition) is 2. The van der Waals surface area contributed by atoms with E-state index in [1.165, 1.54) is 18.2 Å². The molecule has 0 unspecified atom stereocenters. The number of halogens is 1. The van der Waals surface area contributed by atoms with E-state index in [0.29, 0.717) is 11.2 Å². The van der Waals surface area contributed by atoms with Crippen LogP contribution in [0, 0.1) is 22.9 Å². The van der Waals surface area contributed by atoms with E-state index >= 15 is 0 Å². The Morgan fingerprint density at radius 3 is 2.39 bits per heavy atom. The molecular formula is C24H17FN4O2. The Hall–Kier alpha value is -4.26. The molecule has 2 heterocycles. The fourth-order valence-electron chi connectivity index (χ4n) is 3.86. The Morgan fingerprint density at radius 1 is 0.935 bits per heavy atom. The summed E-state index contributed by atoms with van der Waals surface area (Å²) in [5.74, 6) is 0.270. The van der Waals surface area contributed by atoms with Crippen molar-refractivity contribution in [1.29, 1.82) is 0 Å². The van der Waals surface area contributed by atoms with E-state index in [4.69, 9.17) is 4.98 Å². The molecule has 0 atom stereocenters. The summed E-state index contributed by atoms with van der Waals surface area (Å²) >= 11 is 0. The van der Waals surface area contributed by atoms with Gasteiger partial charge in [0.05, 0.1) is 16.3 Å². The summed E-state index contributed by atoms with van der Waals surface area (Å²) in [6.45, 7) is 1.91. The zero-order chi connectivity index (χ0) is 21.5. The van der Waals surface area contributed by atoms with Gasteiger partial charge in [-0.1, -0.05) is 30.3 Å². The van der Waals surface area contributed by atoms with Crippen LogP contribution in [0.15, 0.2) is 72.8 Å². The average Bonchev–Trinajstić information content (AvgIpc) is 3.34. The quantitative estimate of drug-likeness (QED) is 0.270. The second kappa shape index (κ2) is 7.21. The number of fused-ring (bicyclic) bond motifs is 1. The number of nitrogens with one attached hydrogen (secondary N) is 2. The highest BCUT2D eigenvalue weighted by molar-refractivity contribution is 5.98. The van der Waals surface area contributed by atoms with E-state index in [1.807, 2.05) is 37.3 Å². The Kier molecular flexibility index (Phi) is 4.36. The van der Waals surface area contributed by atoms with Crippen molar-refractivity contribution >= 4 is 16.6 Å². The lowest BCUT2D eigenvalue weighted by atomic mass is 10.1. The first kappa shape index (κ1) is 18.7. The summed E-state index contributed by atoms with van der Waals surface area (Å²) < 4.78 is 13.5. The number of aromatic nitrogens is 3. The highest BCUT2D eigenvalue weighted by atomic mass is 19.1. The van der Waals surface area contributed by atoms with E-state index in [-0.39, 0.29) is 11.5 Å². The molecule has 0 saturated carbocycles. The minimum atomic E-state index is -0.410. The fraction of sp³-hybridized carbons (Fsp3) is 0.0417. The molecule has 0 radical (unpaired) electrons. The van der Waals surface area contributed by atoms with Gasteiger partial charge in [-0.2, -0.15) is 0 Å². The van der Waals surface area contributed by atoms with E-state index in [1.54, 1.807) is 24.3 Å². The number of H-pyrrole nitrogens is 2. The first-order valence-electron chi connectivity index (χ1n) is 9.70. The molecule has 0 spiro atoms. The molecule has 3 aromatic carbocycles. The number of benzene rings is 3. The van der Waals surface area contributed by atoms with Gasteiger partial charge in [-0.25, -0.2) is 9.37 Å². The molecule has 0 aliphatic rings. The number of rotatable bonds is 4. The molecule has 2 N–H and O–H groups in total. The lowest BCUT2D eigenvalue weighted by Gasteiger charge is -2.03. The van der Waals surface area contributed by atoms with Crippen LogP contribution in [0.1, 0.15) is 5.69 Å². The van der Waals surface area contributed by atoms with Crippen molar-refractivity contribution in [3.8, 4) is 33.9 Å². The van der Waals surface area contributed by atoms with Gasteiger partial charge in [0, 0.05) is 45.4 Å². The molecule has 5 aromatic rings. The Morgan fingerprint density at radius 2 is 1.68 bits per heavy atom. The molecule has 5 rings (SSSR count). The lowest BCUT2D eigenvalue weighted by Crippen LogP contribution is -1.87. The number of imidazole rings is 1. The zero-order valence-electron chi connectivity index (χ0n) is 16.5. The van der Waals surface area contributed by atoms with E-state index in [0.717, 1.165) is 39.3 Å². The topological polar surface area (TPSA) is 87.6 Å². The van der Waals surface area contributed by atoms with Crippen LogP contribution in [-0.2, 0) is 0 Å². The molecule has 2 aromatic heterocycles. The minimum absolute atomic E-state index is 0.0151. The number of aryl methyl sites for hydroxylation is 1. The van der Waals surface area contributed by atoms with Crippen molar-refractivity contribution in [2.24, 2.45) is 0 Å². The van der Waals surface area contributed by atoms with Crippen molar-refractivity contribution < 1.29 is 9.31 Å². The molecular weight excluding hydrogens is 395 g/mol. The maximum Gasteiger partial charge on any atom is 0.270 e. The molecule has 0 aliphatic heterocycles. The van der Waals surface area contributed by atoms with E-state index in [2.05, 4.69) is 9.97 Å². The maximum atomic E-state index is 13.5. The average molecular weight is 412 g/mol. The van der Waals surface area contributed by atoms with Crippen molar-refractivity contribution in [1.82, 2.24) is 15.0 Å². The number of nitro groups is 1. The molecule has 0 bridgehead atoms. The van der Waals surface area contributed by atoms with Gasteiger partial charge in [-0.3, -0.25) is 10.1 Å². The van der Waals surface area contributed by atoms with Crippen LogP contribution in [0.4, 0.5) is 10.1 Å². The van der Waals surface area contributed by atoms with E-state index in [9.17, 15) is 14.5 Å². The highest BCUT2D eigenvalue weighted by Gasteiger charge is 2.20. The first-order chi connectivity index (χ1) is 15.0. The standard InChI is InChI=1S/C24H17FN4O2/c1-14-21(19-13-18(29(30)31)11-12-20(19)26-14)24-27-22(15-5-3-2-4-6-15)23(28-24)16-7-9-17(25)10-8-16/h2-13,26H,1H3,(H,27,28). The molecule has 152 valence electrons. The van der Waals surface area contributed by atoms with Gasteiger partial charge in [0.15, 0.2) is 0 Å². The molecule has 6 nitrogen and oxygen atoms in total. The third-order valence-corrected chi connectivity index (χ3v) is 5.30. The summed E-state index contributed by atoms with van der Waals surface area (Å²) in [4.78, 5) is 22.4. The summed E-state index contributed by atoms with van der Waals surface area (Å²) in [5.41, 5.74) is 5.59. The SMILES string of the molecule is Cc1[nH]c2ccc([N+](=O)[O-])cc2c1-c1nc(-c2ccccc2)c(-c2ccc(F)cc2)[nH]1. The molecule has 0 fully saturated rings. The number of nitrogens with zero attached hydrogens (tertiary/aromatic N) is 2. The monoisotopic (exact) mass is 412 g/mol. The van der Waals surface area contributed by atoms with Crippen LogP contribution in [-0.4, -0.2) is 19.9 Å². The summed E-state index contributed by atoms with van der Waals surface area (Å²) in [6, 6.07) is 20.6. The Bertz CT molecular complexity index is 1420. The zero-order valence-corrected chi connectivity index (χ0v) is 16.5. The van der Waals surface area contributed by atoms with Crippen LogP contribution in [0.25, 0.3) is 44.8 Å². The number of aromatic amines is 2. The van der Waals surface area contributed by atoms with Gasteiger partial charge in [0.1, 0.15) is 11.6 Å². The lowest BCUT2D eigenvalue weighted by molar-refractivity contribution is -0.384. The van der Waals surface area contributed by atoms with Gasteiger partial charge in [0.25, 0.3) is 5.69 Å². The molecule has 0 aliphatic carbocycles. The van der Waals surface area contributed by atoms with Gasteiger partial charge >= 0.3 is 0 Å². The predicted molar refractivity (Wildman–Crippen MR) is 118 cm³/mol. The smallest absolute Gasteiger partial charge is 0.270 e. The van der Waals surface area contributed by atoms with Crippen molar-refractivity contribution in [3.05, 3.63) is 94.4 Å². The second-order valence-corrected chi connectivity index (χ2v) is 7.29. The van der Waals surface area contributed by atoms with Crippen molar-refractivity contribution in [2.75, 3.05) is 0 Å². The third kappa shape index (κ3) is 3.26. The van der Waals surface area contributed by atoms with Gasteiger partial charge in [-0.15, -0.1) is 0 Å². The van der Waals surface area contributed by atoms with Gasteiger partial charge in [-0.05, 0) is 37.3 Å². The van der Waals surface area contributed by atoms with Crippen molar-refractivity contribution in [2.45, 2.75) is 6.92 Å². The number of nitro benzene ring substituents is 1. The summed E-state index contributed by atoms with van der Waals surface area (Å²) in [7, 11) is 0. The summed E-state index contributed by atoms with van der Waals surface area (Å²) in [5, 5.41) is 12.0. The van der Waals surface area contributed by atoms with Crippen LogP contribution < -0.4 is 0 Å².